The summed E-state index contributed by atoms with van der Waals surface area (Å²) in [5.74, 6) is -1.17. The first-order chi connectivity index (χ1) is 10.5. The molecular weight excluding hydrogens is 376 g/mol. The van der Waals surface area contributed by atoms with Gasteiger partial charge in [-0.25, -0.2) is 8.78 Å². The summed E-state index contributed by atoms with van der Waals surface area (Å²) in [6.45, 7) is 0. The SMILES string of the molecule is OC(c1cc(F)ccc1Cl)c1c(F)cc2ccncc2c1Br. The zero-order chi connectivity index (χ0) is 15.9. The lowest BCUT2D eigenvalue weighted by Gasteiger charge is -2.17. The average molecular weight is 385 g/mol. The number of pyridine rings is 1. The van der Waals surface area contributed by atoms with Gasteiger partial charge in [0.2, 0.25) is 0 Å². The molecule has 1 aromatic heterocycles. The van der Waals surface area contributed by atoms with Gasteiger partial charge in [-0.2, -0.15) is 0 Å². The lowest BCUT2D eigenvalue weighted by molar-refractivity contribution is 0.214. The first-order valence-electron chi connectivity index (χ1n) is 6.33. The highest BCUT2D eigenvalue weighted by molar-refractivity contribution is 9.10. The molecule has 0 fully saturated rings. The van der Waals surface area contributed by atoms with Crippen LogP contribution < -0.4 is 0 Å². The molecule has 0 amide bonds. The lowest BCUT2D eigenvalue weighted by atomic mass is 9.98. The summed E-state index contributed by atoms with van der Waals surface area (Å²) >= 11 is 9.28. The quantitative estimate of drug-likeness (QED) is 0.674. The third-order valence-electron chi connectivity index (χ3n) is 3.39. The Labute approximate surface area is 138 Å². The molecule has 112 valence electrons. The Balaban J connectivity index is 2.23. The Morgan fingerprint density at radius 1 is 1.18 bits per heavy atom. The Morgan fingerprint density at radius 2 is 1.95 bits per heavy atom. The number of rotatable bonds is 2. The van der Waals surface area contributed by atoms with E-state index < -0.39 is 17.7 Å². The second-order valence-corrected chi connectivity index (χ2v) is 5.95. The second kappa shape index (κ2) is 5.91. The van der Waals surface area contributed by atoms with E-state index in [1.165, 1.54) is 18.2 Å². The summed E-state index contributed by atoms with van der Waals surface area (Å²) < 4.78 is 28.2. The zero-order valence-electron chi connectivity index (χ0n) is 11.0. The maximum atomic E-state index is 14.4. The van der Waals surface area contributed by atoms with E-state index in [9.17, 15) is 13.9 Å². The van der Waals surface area contributed by atoms with Gasteiger partial charge in [-0.15, -0.1) is 0 Å². The van der Waals surface area contributed by atoms with Gasteiger partial charge < -0.3 is 5.11 Å². The van der Waals surface area contributed by atoms with Gasteiger partial charge >= 0.3 is 0 Å². The molecule has 0 saturated carbocycles. The number of benzene rings is 2. The van der Waals surface area contributed by atoms with Crippen molar-refractivity contribution in [3.63, 3.8) is 0 Å². The molecule has 1 N–H and O–H groups in total. The van der Waals surface area contributed by atoms with Crippen molar-refractivity contribution in [2.24, 2.45) is 0 Å². The van der Waals surface area contributed by atoms with Crippen LogP contribution in [0, 0.1) is 11.6 Å². The largest absolute Gasteiger partial charge is 0.383 e. The van der Waals surface area contributed by atoms with E-state index in [2.05, 4.69) is 20.9 Å². The highest BCUT2D eigenvalue weighted by atomic mass is 79.9. The number of aliphatic hydroxyl groups is 1. The minimum Gasteiger partial charge on any atom is -0.383 e. The molecule has 0 saturated heterocycles. The number of nitrogens with zero attached hydrogens (tertiary/aromatic N) is 1. The summed E-state index contributed by atoms with van der Waals surface area (Å²) in [5.41, 5.74) is 0.0949. The molecule has 1 atom stereocenters. The second-order valence-electron chi connectivity index (χ2n) is 4.75. The maximum absolute atomic E-state index is 14.4. The Morgan fingerprint density at radius 3 is 2.73 bits per heavy atom. The molecular formula is C16H9BrClF2NO. The molecule has 0 bridgehead atoms. The number of halogens is 4. The van der Waals surface area contributed by atoms with Crippen LogP contribution in [0.3, 0.4) is 0 Å². The van der Waals surface area contributed by atoms with Crippen molar-refractivity contribution in [2.45, 2.75) is 6.10 Å². The summed E-state index contributed by atoms with van der Waals surface area (Å²) in [6, 6.07) is 6.55. The zero-order valence-corrected chi connectivity index (χ0v) is 13.4. The standard InChI is InChI=1S/C16H9BrClF2NO/c17-15-11-7-21-4-3-8(11)5-13(20)14(15)16(22)10-6-9(19)1-2-12(10)18/h1-7,16,22H. The van der Waals surface area contributed by atoms with Crippen LogP contribution in [0.1, 0.15) is 17.2 Å². The topological polar surface area (TPSA) is 33.1 Å². The third kappa shape index (κ3) is 2.60. The van der Waals surface area contributed by atoms with Gasteiger partial charge in [0, 0.05) is 38.4 Å². The average Bonchev–Trinajstić information content (AvgIpc) is 2.49. The number of aromatic nitrogens is 1. The van der Waals surface area contributed by atoms with Gasteiger partial charge in [0.1, 0.15) is 17.7 Å². The third-order valence-corrected chi connectivity index (χ3v) is 4.59. The molecule has 2 aromatic carbocycles. The molecule has 22 heavy (non-hydrogen) atoms. The van der Waals surface area contributed by atoms with Crippen LogP contribution in [0.5, 0.6) is 0 Å². The van der Waals surface area contributed by atoms with Gasteiger partial charge in [0.15, 0.2) is 0 Å². The van der Waals surface area contributed by atoms with Crippen LogP contribution in [0.2, 0.25) is 5.02 Å². The van der Waals surface area contributed by atoms with Crippen molar-refractivity contribution in [2.75, 3.05) is 0 Å². The molecule has 0 aliphatic heterocycles. The molecule has 0 aliphatic carbocycles. The molecule has 0 aliphatic rings. The minimum absolute atomic E-state index is 0.00648. The highest BCUT2D eigenvalue weighted by Crippen LogP contribution is 2.38. The van der Waals surface area contributed by atoms with E-state index in [0.29, 0.717) is 15.2 Å². The normalized spacial score (nSPS) is 12.6. The fourth-order valence-corrected chi connectivity index (χ4v) is 3.27. The van der Waals surface area contributed by atoms with E-state index in [0.717, 1.165) is 6.07 Å². The van der Waals surface area contributed by atoms with Crippen LogP contribution in [-0.4, -0.2) is 10.1 Å². The van der Waals surface area contributed by atoms with Gasteiger partial charge in [0.05, 0.1) is 0 Å². The predicted octanol–water partition coefficient (Wildman–Crippen LogP) is 5.01. The Hall–Kier alpha value is -1.56. The van der Waals surface area contributed by atoms with Crippen molar-refractivity contribution in [3.8, 4) is 0 Å². The van der Waals surface area contributed by atoms with Gasteiger partial charge in [-0.1, -0.05) is 11.6 Å². The van der Waals surface area contributed by atoms with Gasteiger partial charge in [-0.05, 0) is 51.6 Å². The summed E-state index contributed by atoms with van der Waals surface area (Å²) in [6.07, 6.45) is 1.71. The summed E-state index contributed by atoms with van der Waals surface area (Å²) in [5, 5.41) is 11.9. The van der Waals surface area contributed by atoms with Crippen molar-refractivity contribution in [1.29, 1.82) is 0 Å². The Bertz CT molecular complexity index is 872. The number of fused-ring (bicyclic) bond motifs is 1. The van der Waals surface area contributed by atoms with Crippen LogP contribution in [0.25, 0.3) is 10.8 Å². The first kappa shape index (κ1) is 15.3. The molecule has 1 unspecified atom stereocenters. The molecule has 0 spiro atoms. The molecule has 0 radical (unpaired) electrons. The van der Waals surface area contributed by atoms with Crippen molar-refractivity contribution >= 4 is 38.3 Å². The molecule has 1 heterocycles. The van der Waals surface area contributed by atoms with E-state index in [1.807, 2.05) is 0 Å². The van der Waals surface area contributed by atoms with Crippen molar-refractivity contribution < 1.29 is 13.9 Å². The van der Waals surface area contributed by atoms with E-state index in [4.69, 9.17) is 11.6 Å². The number of hydrogen-bond donors (Lipinski definition) is 1. The molecule has 6 heteroatoms. The van der Waals surface area contributed by atoms with Crippen molar-refractivity contribution in [3.05, 3.63) is 75.0 Å². The maximum Gasteiger partial charge on any atom is 0.131 e. The first-order valence-corrected chi connectivity index (χ1v) is 7.50. The Kier molecular flexibility index (Phi) is 4.12. The lowest BCUT2D eigenvalue weighted by Crippen LogP contribution is -2.06. The van der Waals surface area contributed by atoms with Crippen LogP contribution in [0.15, 0.2) is 47.2 Å². The summed E-state index contributed by atoms with van der Waals surface area (Å²) in [4.78, 5) is 3.99. The fourth-order valence-electron chi connectivity index (χ4n) is 2.31. The smallest absolute Gasteiger partial charge is 0.131 e. The van der Waals surface area contributed by atoms with Crippen LogP contribution >= 0.6 is 27.5 Å². The molecule has 3 rings (SSSR count). The number of hydrogen-bond acceptors (Lipinski definition) is 2. The highest BCUT2D eigenvalue weighted by Gasteiger charge is 2.23. The van der Waals surface area contributed by atoms with Crippen LogP contribution in [-0.2, 0) is 0 Å². The molecule has 3 aromatic rings. The van der Waals surface area contributed by atoms with Crippen LogP contribution in [0.4, 0.5) is 8.78 Å². The molecule has 2 nitrogen and oxygen atoms in total. The van der Waals surface area contributed by atoms with E-state index >= 15 is 0 Å². The van der Waals surface area contributed by atoms with E-state index in [1.54, 1.807) is 18.5 Å². The fraction of sp³-hybridized carbons (Fsp3) is 0.0625. The predicted molar refractivity (Wildman–Crippen MR) is 84.9 cm³/mol. The van der Waals surface area contributed by atoms with Gasteiger partial charge in [0.25, 0.3) is 0 Å². The minimum atomic E-state index is -1.40. The van der Waals surface area contributed by atoms with E-state index in [-0.39, 0.29) is 16.1 Å². The number of aliphatic hydroxyl groups excluding tert-OH is 1. The summed E-state index contributed by atoms with van der Waals surface area (Å²) in [7, 11) is 0. The monoisotopic (exact) mass is 383 g/mol. The van der Waals surface area contributed by atoms with Crippen molar-refractivity contribution in [1.82, 2.24) is 4.98 Å². The van der Waals surface area contributed by atoms with Gasteiger partial charge in [-0.3, -0.25) is 4.98 Å².